The second-order valence-corrected chi connectivity index (χ2v) is 5.30. The van der Waals surface area contributed by atoms with Crippen molar-refractivity contribution in [1.29, 1.82) is 0 Å². The van der Waals surface area contributed by atoms with Crippen LogP contribution >= 0.6 is 0 Å². The Hall–Kier alpha value is -2.21. The number of aliphatic hydroxyl groups is 1. The molecule has 1 atom stereocenters. The molecule has 21 heavy (non-hydrogen) atoms. The molecule has 6 heteroatoms. The minimum absolute atomic E-state index is 0.0236. The van der Waals surface area contributed by atoms with Crippen molar-refractivity contribution in [3.05, 3.63) is 48.0 Å². The molecule has 1 unspecified atom stereocenters. The fraction of sp³-hybridized carbons (Fsp3) is 0.400. The first-order chi connectivity index (χ1) is 10.2. The van der Waals surface area contributed by atoms with E-state index < -0.39 is 6.10 Å². The van der Waals surface area contributed by atoms with E-state index in [1.807, 2.05) is 24.3 Å². The quantitative estimate of drug-likeness (QED) is 0.911. The standard InChI is InChI=1S/C15H18N4O2/c20-13-5-3-7-18(9-13)15(21)14-6-2-1-4-12(14)8-19-11-16-10-17-19/h1-2,4,6,10-11,13,20H,3,5,7-9H2. The molecular formula is C15H18N4O2. The average molecular weight is 286 g/mol. The lowest BCUT2D eigenvalue weighted by Crippen LogP contribution is -2.42. The molecule has 1 aliphatic rings. The van der Waals surface area contributed by atoms with Crippen LogP contribution in [0.5, 0.6) is 0 Å². The van der Waals surface area contributed by atoms with Gasteiger partial charge in [0.15, 0.2) is 0 Å². The minimum Gasteiger partial charge on any atom is -0.391 e. The van der Waals surface area contributed by atoms with Crippen molar-refractivity contribution in [3.8, 4) is 0 Å². The minimum atomic E-state index is -0.412. The number of rotatable bonds is 3. The summed E-state index contributed by atoms with van der Waals surface area (Å²) in [5.41, 5.74) is 1.58. The van der Waals surface area contributed by atoms with Gasteiger partial charge in [-0.2, -0.15) is 5.10 Å². The van der Waals surface area contributed by atoms with E-state index in [2.05, 4.69) is 10.1 Å². The van der Waals surface area contributed by atoms with E-state index in [0.717, 1.165) is 18.4 Å². The molecule has 2 heterocycles. The number of carbonyl (C=O) groups excluding carboxylic acids is 1. The largest absolute Gasteiger partial charge is 0.391 e. The molecule has 1 N–H and O–H groups in total. The van der Waals surface area contributed by atoms with E-state index in [-0.39, 0.29) is 5.91 Å². The molecule has 0 saturated carbocycles. The molecule has 0 aliphatic carbocycles. The Balaban J connectivity index is 1.82. The van der Waals surface area contributed by atoms with Crippen molar-refractivity contribution in [2.24, 2.45) is 0 Å². The number of piperidine rings is 1. The number of likely N-dealkylation sites (tertiary alicyclic amines) is 1. The molecular weight excluding hydrogens is 268 g/mol. The fourth-order valence-corrected chi connectivity index (χ4v) is 2.67. The lowest BCUT2D eigenvalue weighted by Gasteiger charge is -2.30. The van der Waals surface area contributed by atoms with Gasteiger partial charge in [0.05, 0.1) is 12.6 Å². The number of benzene rings is 1. The molecule has 1 saturated heterocycles. The summed E-state index contributed by atoms with van der Waals surface area (Å²) in [5, 5.41) is 13.8. The van der Waals surface area contributed by atoms with Crippen LogP contribution in [0.2, 0.25) is 0 Å². The molecule has 110 valence electrons. The highest BCUT2D eigenvalue weighted by molar-refractivity contribution is 5.95. The number of nitrogens with zero attached hydrogens (tertiary/aromatic N) is 4. The zero-order valence-corrected chi connectivity index (χ0v) is 11.7. The van der Waals surface area contributed by atoms with Crippen LogP contribution in [0, 0.1) is 0 Å². The Bertz CT molecular complexity index is 612. The molecule has 1 aromatic carbocycles. The maximum atomic E-state index is 12.7. The Morgan fingerprint density at radius 2 is 2.24 bits per heavy atom. The first kappa shape index (κ1) is 13.8. The van der Waals surface area contributed by atoms with Crippen molar-refractivity contribution in [2.75, 3.05) is 13.1 Å². The third-order valence-electron chi connectivity index (χ3n) is 3.73. The molecule has 2 aromatic rings. The Morgan fingerprint density at radius 1 is 1.38 bits per heavy atom. The van der Waals surface area contributed by atoms with E-state index in [0.29, 0.717) is 25.2 Å². The molecule has 1 fully saturated rings. The molecule has 0 spiro atoms. The molecule has 3 rings (SSSR count). The van der Waals surface area contributed by atoms with Crippen molar-refractivity contribution < 1.29 is 9.90 Å². The summed E-state index contributed by atoms with van der Waals surface area (Å²) in [7, 11) is 0. The smallest absolute Gasteiger partial charge is 0.254 e. The maximum absolute atomic E-state index is 12.7. The third kappa shape index (κ3) is 3.11. The second-order valence-electron chi connectivity index (χ2n) is 5.30. The predicted molar refractivity (Wildman–Crippen MR) is 76.7 cm³/mol. The SMILES string of the molecule is O=C(c1ccccc1Cn1cncn1)N1CCCC(O)C1. The van der Waals surface area contributed by atoms with Crippen LogP contribution in [0.1, 0.15) is 28.8 Å². The zero-order chi connectivity index (χ0) is 14.7. The maximum Gasteiger partial charge on any atom is 0.254 e. The van der Waals surface area contributed by atoms with Gasteiger partial charge in [-0.05, 0) is 24.5 Å². The van der Waals surface area contributed by atoms with Gasteiger partial charge in [-0.3, -0.25) is 4.79 Å². The van der Waals surface area contributed by atoms with Gasteiger partial charge >= 0.3 is 0 Å². The highest BCUT2D eigenvalue weighted by atomic mass is 16.3. The molecule has 6 nitrogen and oxygen atoms in total. The Kier molecular flexibility index (Phi) is 3.96. The van der Waals surface area contributed by atoms with E-state index in [9.17, 15) is 9.90 Å². The lowest BCUT2D eigenvalue weighted by atomic mass is 10.0. The summed E-state index contributed by atoms with van der Waals surface area (Å²) >= 11 is 0. The summed E-state index contributed by atoms with van der Waals surface area (Å²) < 4.78 is 1.69. The van der Waals surface area contributed by atoms with E-state index in [4.69, 9.17) is 0 Å². The topological polar surface area (TPSA) is 71.2 Å². The van der Waals surface area contributed by atoms with Crippen molar-refractivity contribution in [1.82, 2.24) is 19.7 Å². The van der Waals surface area contributed by atoms with Crippen LogP contribution in [0.4, 0.5) is 0 Å². The highest BCUT2D eigenvalue weighted by Gasteiger charge is 2.24. The Morgan fingerprint density at radius 3 is 3.00 bits per heavy atom. The van der Waals surface area contributed by atoms with Crippen LogP contribution in [0.25, 0.3) is 0 Å². The summed E-state index contributed by atoms with van der Waals surface area (Å²) in [6, 6.07) is 7.53. The lowest BCUT2D eigenvalue weighted by molar-refractivity contribution is 0.0472. The van der Waals surface area contributed by atoms with Crippen molar-refractivity contribution in [3.63, 3.8) is 0 Å². The number of hydrogen-bond acceptors (Lipinski definition) is 4. The number of hydrogen-bond donors (Lipinski definition) is 1. The monoisotopic (exact) mass is 286 g/mol. The van der Waals surface area contributed by atoms with E-state index in [1.54, 1.807) is 15.9 Å². The van der Waals surface area contributed by atoms with Gasteiger partial charge < -0.3 is 10.0 Å². The van der Waals surface area contributed by atoms with Gasteiger partial charge in [-0.25, -0.2) is 9.67 Å². The van der Waals surface area contributed by atoms with Crippen LogP contribution in [0.15, 0.2) is 36.9 Å². The number of amides is 1. The summed E-state index contributed by atoms with van der Waals surface area (Å²) in [5.74, 6) is -0.0236. The zero-order valence-electron chi connectivity index (χ0n) is 11.7. The van der Waals surface area contributed by atoms with Crippen LogP contribution in [-0.2, 0) is 6.54 Å². The summed E-state index contributed by atoms with van der Waals surface area (Å²) in [4.78, 5) is 18.3. The number of carbonyl (C=O) groups is 1. The first-order valence-electron chi connectivity index (χ1n) is 7.11. The summed E-state index contributed by atoms with van der Waals surface area (Å²) in [6.45, 7) is 1.63. The van der Waals surface area contributed by atoms with E-state index >= 15 is 0 Å². The average Bonchev–Trinajstić information content (AvgIpc) is 3.00. The number of aromatic nitrogens is 3. The van der Waals surface area contributed by atoms with Crippen LogP contribution in [-0.4, -0.2) is 49.9 Å². The Labute approximate surface area is 123 Å². The van der Waals surface area contributed by atoms with Crippen LogP contribution < -0.4 is 0 Å². The van der Waals surface area contributed by atoms with Gasteiger partial charge in [-0.1, -0.05) is 18.2 Å². The van der Waals surface area contributed by atoms with Crippen molar-refractivity contribution >= 4 is 5.91 Å². The van der Waals surface area contributed by atoms with Gasteiger partial charge in [0, 0.05) is 18.7 Å². The number of aliphatic hydroxyl groups excluding tert-OH is 1. The third-order valence-corrected chi connectivity index (χ3v) is 3.73. The van der Waals surface area contributed by atoms with E-state index in [1.165, 1.54) is 6.33 Å². The van der Waals surface area contributed by atoms with Gasteiger partial charge in [0.2, 0.25) is 0 Å². The number of β-amino-alcohol motifs (C(OH)–C–C–N with tert-alkyl or cyclic N) is 1. The molecule has 1 aliphatic heterocycles. The van der Waals surface area contributed by atoms with Gasteiger partial charge in [0.25, 0.3) is 5.91 Å². The van der Waals surface area contributed by atoms with Crippen LogP contribution in [0.3, 0.4) is 0 Å². The molecule has 0 bridgehead atoms. The normalized spacial score (nSPS) is 18.7. The molecule has 1 aromatic heterocycles. The summed E-state index contributed by atoms with van der Waals surface area (Å²) in [6.07, 6.45) is 4.31. The first-order valence-corrected chi connectivity index (χ1v) is 7.11. The fourth-order valence-electron chi connectivity index (χ4n) is 2.67. The van der Waals surface area contributed by atoms with Gasteiger partial charge in [-0.15, -0.1) is 0 Å². The molecule has 1 amide bonds. The molecule has 0 radical (unpaired) electrons. The van der Waals surface area contributed by atoms with Crippen molar-refractivity contribution in [2.45, 2.75) is 25.5 Å². The second kappa shape index (κ2) is 6.05. The predicted octanol–water partition coefficient (Wildman–Crippen LogP) is 0.923. The van der Waals surface area contributed by atoms with Gasteiger partial charge in [0.1, 0.15) is 12.7 Å². The highest BCUT2D eigenvalue weighted by Crippen LogP contribution is 2.17.